The fraction of sp³-hybridized carbons (Fsp3) is 0.292. The smallest absolute Gasteiger partial charge is 0.382 e. The molecule has 1 aliphatic rings. The van der Waals surface area contributed by atoms with Crippen molar-refractivity contribution in [3.05, 3.63) is 74.9 Å². The number of carbonyl (C=O) groups excluding carboxylic acids is 1. The second-order valence-electron chi connectivity index (χ2n) is 8.90. The minimum Gasteiger partial charge on any atom is -0.382 e. The van der Waals surface area contributed by atoms with Gasteiger partial charge in [0, 0.05) is 23.7 Å². The molecule has 0 saturated carbocycles. The summed E-state index contributed by atoms with van der Waals surface area (Å²) in [4.78, 5) is 31.5. The van der Waals surface area contributed by atoms with E-state index in [1.165, 1.54) is 28.9 Å². The van der Waals surface area contributed by atoms with Gasteiger partial charge in [0.05, 0.1) is 23.8 Å². The predicted octanol–water partition coefficient (Wildman–Crippen LogP) is 2.51. The molecule has 11 nitrogen and oxygen atoms in total. The second-order valence-corrected chi connectivity index (χ2v) is 9.75. The highest BCUT2D eigenvalue weighted by Crippen LogP contribution is 2.26. The summed E-state index contributed by atoms with van der Waals surface area (Å²) >= 11 is 12.3. The van der Waals surface area contributed by atoms with Gasteiger partial charge in [0.25, 0.3) is 0 Å². The van der Waals surface area contributed by atoms with E-state index >= 15 is 0 Å². The average molecular weight is 597 g/mol. The molecule has 0 aliphatic carbocycles. The Morgan fingerprint density at radius 1 is 1.05 bits per heavy atom. The van der Waals surface area contributed by atoms with Crippen LogP contribution in [0.15, 0.2) is 53.3 Å². The first kappa shape index (κ1) is 27.7. The quantitative estimate of drug-likeness (QED) is 0.336. The largest absolute Gasteiger partial charge is 0.416 e. The molecule has 1 atom stereocenters. The number of para-hydroxylation sites is 1. The van der Waals surface area contributed by atoms with Crippen molar-refractivity contribution in [2.45, 2.75) is 25.4 Å². The Labute approximate surface area is 234 Å². The molecule has 1 fully saturated rings. The van der Waals surface area contributed by atoms with E-state index in [4.69, 9.17) is 23.2 Å². The Morgan fingerprint density at radius 3 is 2.45 bits per heavy atom. The van der Waals surface area contributed by atoms with Crippen LogP contribution in [0.1, 0.15) is 5.82 Å². The molecule has 1 unspecified atom stereocenters. The van der Waals surface area contributed by atoms with Crippen LogP contribution in [0.25, 0.3) is 17.1 Å². The lowest BCUT2D eigenvalue weighted by Gasteiger charge is -2.27. The Kier molecular flexibility index (Phi) is 7.57. The number of nitrogens with one attached hydrogen (secondary N) is 1. The molecule has 2 aromatic heterocycles. The van der Waals surface area contributed by atoms with Crippen molar-refractivity contribution >= 4 is 35.1 Å². The Balaban J connectivity index is 1.57. The van der Waals surface area contributed by atoms with Gasteiger partial charge in [-0.15, -0.1) is 10.2 Å². The minimum absolute atomic E-state index is 0.00715. The van der Waals surface area contributed by atoms with Crippen molar-refractivity contribution in [2.24, 2.45) is 0 Å². The number of rotatable bonds is 7. The lowest BCUT2D eigenvalue weighted by atomic mass is 10.2. The molecular weight excluding hydrogens is 576 g/mol. The number of halogens is 5. The summed E-state index contributed by atoms with van der Waals surface area (Å²) in [6.45, 7) is -0.583. The van der Waals surface area contributed by atoms with Gasteiger partial charge < -0.3 is 15.3 Å². The van der Waals surface area contributed by atoms with E-state index in [2.05, 4.69) is 20.5 Å². The van der Waals surface area contributed by atoms with Gasteiger partial charge in [-0.1, -0.05) is 35.3 Å². The number of hydrogen-bond donors (Lipinski definition) is 2. The molecule has 0 bridgehead atoms. The topological polar surface area (TPSA) is 123 Å². The van der Waals surface area contributed by atoms with Crippen LogP contribution in [0.2, 0.25) is 10.0 Å². The summed E-state index contributed by atoms with van der Waals surface area (Å²) in [7, 11) is 0. The monoisotopic (exact) mass is 596 g/mol. The normalized spacial score (nSPS) is 14.8. The Hall–Kier alpha value is -3.88. The molecule has 210 valence electrons. The van der Waals surface area contributed by atoms with Crippen LogP contribution in [0, 0.1) is 0 Å². The maximum Gasteiger partial charge on any atom is 0.416 e. The molecule has 0 spiro atoms. The van der Waals surface area contributed by atoms with Gasteiger partial charge in [0.1, 0.15) is 6.54 Å². The van der Waals surface area contributed by atoms with Crippen molar-refractivity contribution in [3.8, 4) is 17.1 Å². The molecular formula is C24H21Cl2F3N8O3. The van der Waals surface area contributed by atoms with Gasteiger partial charge in [-0.05, 0) is 36.4 Å². The van der Waals surface area contributed by atoms with Gasteiger partial charge >= 0.3 is 11.9 Å². The predicted molar refractivity (Wildman–Crippen MR) is 140 cm³/mol. The zero-order valence-corrected chi connectivity index (χ0v) is 22.0. The number of anilines is 1. The molecule has 16 heteroatoms. The van der Waals surface area contributed by atoms with Gasteiger partial charge in [-0.2, -0.15) is 22.8 Å². The Morgan fingerprint density at radius 2 is 1.77 bits per heavy atom. The molecule has 2 N–H and O–H groups in total. The third-order valence-electron chi connectivity index (χ3n) is 6.09. The molecule has 5 rings (SSSR count). The first-order chi connectivity index (χ1) is 19.0. The van der Waals surface area contributed by atoms with Crippen LogP contribution >= 0.6 is 23.2 Å². The fourth-order valence-electron chi connectivity index (χ4n) is 4.14. The summed E-state index contributed by atoms with van der Waals surface area (Å²) in [6.07, 6.45) is -7.76. The van der Waals surface area contributed by atoms with Crippen LogP contribution in [-0.2, 0) is 17.9 Å². The van der Waals surface area contributed by atoms with Crippen LogP contribution in [0.5, 0.6) is 0 Å². The van der Waals surface area contributed by atoms with Crippen LogP contribution in [0.3, 0.4) is 0 Å². The summed E-state index contributed by atoms with van der Waals surface area (Å²) in [5.74, 6) is 0.0539. The summed E-state index contributed by atoms with van der Waals surface area (Å²) in [5.41, 5.74) is -0.137. The van der Waals surface area contributed by atoms with Gasteiger partial charge in [0.15, 0.2) is 17.8 Å². The number of benzene rings is 2. The summed E-state index contributed by atoms with van der Waals surface area (Å²) in [5, 5.41) is 21.9. The number of aliphatic hydroxyl groups is 1. The number of aromatic nitrogens is 6. The average Bonchev–Trinajstić information content (AvgIpc) is 3.46. The van der Waals surface area contributed by atoms with Gasteiger partial charge in [-0.3, -0.25) is 9.36 Å². The summed E-state index contributed by atoms with van der Waals surface area (Å²) in [6, 6.07) is 12.8. The van der Waals surface area contributed by atoms with Crippen molar-refractivity contribution in [2.75, 3.05) is 24.5 Å². The van der Waals surface area contributed by atoms with Gasteiger partial charge in [0.2, 0.25) is 11.9 Å². The lowest BCUT2D eigenvalue weighted by molar-refractivity contribution is -0.207. The standard InChI is InChI=1S/C24H21Cl2F3N8O3/c25-15-7-5-14(6-8-15)21-33-36(23(40)35(21)11-18(38)24(27,28)29)12-19-31-22(34-10-9-30-20(39)13-34)37(32-19)17-4-2-1-3-16(17)26/h1-8,18,38H,9-13H2,(H,30,39). The highest BCUT2D eigenvalue weighted by atomic mass is 35.5. The summed E-state index contributed by atoms with van der Waals surface area (Å²) < 4.78 is 42.6. The highest BCUT2D eigenvalue weighted by molar-refractivity contribution is 6.32. The second kappa shape index (κ2) is 10.9. The van der Waals surface area contributed by atoms with Crippen LogP contribution in [0.4, 0.5) is 19.1 Å². The number of piperazine rings is 1. The highest BCUT2D eigenvalue weighted by Gasteiger charge is 2.39. The fourth-order valence-corrected chi connectivity index (χ4v) is 4.48. The van der Waals surface area contributed by atoms with E-state index in [1.54, 1.807) is 29.2 Å². The molecule has 1 amide bonds. The maximum atomic E-state index is 13.3. The SMILES string of the molecule is O=C1CN(c2nc(Cn3nc(-c4ccc(Cl)cc4)n(CC(O)C(F)(F)F)c3=O)nn2-c2ccccc2Cl)CCN1. The first-order valence-electron chi connectivity index (χ1n) is 11.9. The zero-order valence-electron chi connectivity index (χ0n) is 20.5. The number of amides is 1. The first-order valence-corrected chi connectivity index (χ1v) is 12.7. The third-order valence-corrected chi connectivity index (χ3v) is 6.66. The Bertz CT molecular complexity index is 1600. The van der Waals surface area contributed by atoms with E-state index in [1.807, 2.05) is 0 Å². The van der Waals surface area contributed by atoms with Crippen LogP contribution < -0.4 is 15.9 Å². The van der Waals surface area contributed by atoms with Gasteiger partial charge in [-0.25, -0.2) is 9.48 Å². The number of alkyl halides is 3. The number of carbonyl (C=O) groups is 1. The molecule has 0 radical (unpaired) electrons. The maximum absolute atomic E-state index is 13.3. The number of aliphatic hydroxyl groups excluding tert-OH is 1. The third kappa shape index (κ3) is 5.69. The van der Waals surface area contributed by atoms with Crippen molar-refractivity contribution in [1.29, 1.82) is 0 Å². The zero-order chi connectivity index (χ0) is 28.6. The molecule has 1 saturated heterocycles. The molecule has 3 heterocycles. The molecule has 1 aliphatic heterocycles. The van der Waals surface area contributed by atoms with E-state index in [-0.39, 0.29) is 36.6 Å². The minimum atomic E-state index is -4.95. The van der Waals surface area contributed by atoms with Crippen molar-refractivity contribution < 1.29 is 23.1 Å². The molecule has 2 aromatic carbocycles. The van der Waals surface area contributed by atoms with E-state index < -0.39 is 24.5 Å². The number of nitrogens with zero attached hydrogens (tertiary/aromatic N) is 7. The lowest BCUT2D eigenvalue weighted by Crippen LogP contribution is -2.48. The molecule has 4 aromatic rings. The van der Waals surface area contributed by atoms with E-state index in [0.29, 0.717) is 34.4 Å². The number of hydrogen-bond acceptors (Lipinski definition) is 7. The molecule has 40 heavy (non-hydrogen) atoms. The van der Waals surface area contributed by atoms with E-state index in [9.17, 15) is 27.9 Å². The van der Waals surface area contributed by atoms with Crippen LogP contribution in [-0.4, -0.2) is 72.0 Å². The van der Waals surface area contributed by atoms with Crippen molar-refractivity contribution in [3.63, 3.8) is 0 Å². The van der Waals surface area contributed by atoms with Crippen molar-refractivity contribution in [1.82, 2.24) is 34.4 Å². The van der Waals surface area contributed by atoms with E-state index in [0.717, 1.165) is 9.25 Å².